The van der Waals surface area contributed by atoms with Crippen molar-refractivity contribution >= 4 is 10.0 Å². The number of sulfonamides is 1. The Kier molecular flexibility index (Phi) is 3.11. The zero-order chi connectivity index (χ0) is 13.6. The van der Waals surface area contributed by atoms with E-state index < -0.39 is 21.9 Å². The van der Waals surface area contributed by atoms with Gasteiger partial charge >= 0.3 is 0 Å². The second-order valence-corrected chi connectivity index (χ2v) is 7.15. The van der Waals surface area contributed by atoms with E-state index in [9.17, 15) is 17.9 Å². The van der Waals surface area contributed by atoms with E-state index in [-0.39, 0.29) is 17.0 Å². The number of hydrogen-bond donors (Lipinski definition) is 1. The van der Waals surface area contributed by atoms with E-state index in [0.717, 1.165) is 18.9 Å². The van der Waals surface area contributed by atoms with Crippen molar-refractivity contribution < 1.29 is 17.9 Å². The molecular formula is C13H16FNO3S. The average molecular weight is 285 g/mol. The summed E-state index contributed by atoms with van der Waals surface area (Å²) in [6.07, 6.45) is 2.08. The largest absolute Gasteiger partial charge is 0.393 e. The van der Waals surface area contributed by atoms with Crippen LogP contribution in [0.4, 0.5) is 4.39 Å². The molecule has 19 heavy (non-hydrogen) atoms. The molecule has 2 bridgehead atoms. The monoisotopic (exact) mass is 285 g/mol. The van der Waals surface area contributed by atoms with Crippen molar-refractivity contribution in [3.63, 3.8) is 0 Å². The lowest BCUT2D eigenvalue weighted by atomic mass is 10.0. The molecule has 2 atom stereocenters. The van der Waals surface area contributed by atoms with Crippen LogP contribution in [0.25, 0.3) is 0 Å². The number of halogens is 1. The molecule has 6 heteroatoms. The molecule has 2 aliphatic rings. The molecule has 2 heterocycles. The molecule has 0 saturated carbocycles. The van der Waals surface area contributed by atoms with Gasteiger partial charge in [0.25, 0.3) is 0 Å². The van der Waals surface area contributed by atoms with Crippen LogP contribution in [0.15, 0.2) is 29.2 Å². The lowest BCUT2D eigenvalue weighted by Crippen LogP contribution is -2.47. The summed E-state index contributed by atoms with van der Waals surface area (Å²) in [6, 6.07) is 4.81. The standard InChI is InChI=1S/C13H16FNO3S/c14-9-2-1-3-13(6-9)19(17,18)15-10-4-5-11(15)8-12(16)7-10/h1-3,6,10-12,16H,4-5,7-8H2. The van der Waals surface area contributed by atoms with Crippen molar-refractivity contribution in [1.29, 1.82) is 0 Å². The number of fused-ring (bicyclic) bond motifs is 2. The lowest BCUT2D eigenvalue weighted by molar-refractivity contribution is 0.0768. The first kappa shape index (κ1) is 13.0. The van der Waals surface area contributed by atoms with Gasteiger partial charge in [0.05, 0.1) is 11.0 Å². The second kappa shape index (κ2) is 4.54. The van der Waals surface area contributed by atoms with E-state index in [1.54, 1.807) is 0 Å². The molecule has 0 aliphatic carbocycles. The predicted octanol–water partition coefficient (Wildman–Crippen LogP) is 1.50. The number of aliphatic hydroxyl groups excluding tert-OH is 1. The van der Waals surface area contributed by atoms with Crippen LogP contribution in [0.1, 0.15) is 25.7 Å². The highest BCUT2D eigenvalue weighted by molar-refractivity contribution is 7.89. The Bertz CT molecular complexity index is 575. The Labute approximate surface area is 111 Å². The third kappa shape index (κ3) is 2.17. The summed E-state index contributed by atoms with van der Waals surface area (Å²) in [5.74, 6) is -0.550. The fraction of sp³-hybridized carbons (Fsp3) is 0.538. The molecular weight excluding hydrogens is 269 g/mol. The van der Waals surface area contributed by atoms with Gasteiger partial charge in [-0.15, -0.1) is 0 Å². The van der Waals surface area contributed by atoms with E-state index in [1.165, 1.54) is 22.5 Å². The second-order valence-electron chi connectivity index (χ2n) is 5.30. The highest BCUT2D eigenvalue weighted by Gasteiger charge is 2.46. The summed E-state index contributed by atoms with van der Waals surface area (Å²) in [4.78, 5) is 0.000731. The predicted molar refractivity (Wildman–Crippen MR) is 67.5 cm³/mol. The van der Waals surface area contributed by atoms with Crippen LogP contribution in [0, 0.1) is 5.82 Å². The quantitative estimate of drug-likeness (QED) is 0.896. The van der Waals surface area contributed by atoms with Crippen LogP contribution >= 0.6 is 0 Å². The van der Waals surface area contributed by atoms with E-state index in [2.05, 4.69) is 0 Å². The van der Waals surface area contributed by atoms with Gasteiger partial charge in [-0.1, -0.05) is 6.07 Å². The van der Waals surface area contributed by atoms with Gasteiger partial charge in [0.15, 0.2) is 0 Å². The maximum Gasteiger partial charge on any atom is 0.243 e. The van der Waals surface area contributed by atoms with Crippen molar-refractivity contribution in [1.82, 2.24) is 4.31 Å². The van der Waals surface area contributed by atoms with Gasteiger partial charge in [-0.05, 0) is 43.9 Å². The average Bonchev–Trinajstić information content (AvgIpc) is 2.63. The Hall–Kier alpha value is -0.980. The molecule has 1 aromatic rings. The molecule has 0 amide bonds. The first-order valence-electron chi connectivity index (χ1n) is 6.45. The SMILES string of the molecule is O=S(=O)(c1cccc(F)c1)N1C2CCC1CC(O)C2. The number of piperidine rings is 1. The van der Waals surface area contributed by atoms with Gasteiger partial charge in [0.1, 0.15) is 5.82 Å². The summed E-state index contributed by atoms with van der Waals surface area (Å²) in [7, 11) is -3.66. The smallest absolute Gasteiger partial charge is 0.243 e. The first-order chi connectivity index (χ1) is 8.98. The number of benzene rings is 1. The number of nitrogens with zero attached hydrogens (tertiary/aromatic N) is 1. The van der Waals surface area contributed by atoms with Gasteiger partial charge in [0, 0.05) is 12.1 Å². The summed E-state index contributed by atoms with van der Waals surface area (Å²) in [6.45, 7) is 0. The fourth-order valence-corrected chi connectivity index (χ4v) is 5.17. The minimum Gasteiger partial charge on any atom is -0.393 e. The molecule has 2 aliphatic heterocycles. The molecule has 0 spiro atoms. The zero-order valence-electron chi connectivity index (χ0n) is 10.4. The zero-order valence-corrected chi connectivity index (χ0v) is 11.2. The van der Waals surface area contributed by atoms with Crippen molar-refractivity contribution in [2.45, 2.75) is 48.8 Å². The third-order valence-electron chi connectivity index (χ3n) is 4.01. The van der Waals surface area contributed by atoms with Crippen LogP contribution in [0.2, 0.25) is 0 Å². The van der Waals surface area contributed by atoms with Gasteiger partial charge in [-0.25, -0.2) is 12.8 Å². The van der Waals surface area contributed by atoms with Gasteiger partial charge in [-0.2, -0.15) is 4.31 Å². The molecule has 1 aromatic carbocycles. The van der Waals surface area contributed by atoms with Crippen molar-refractivity contribution in [3.05, 3.63) is 30.1 Å². The summed E-state index contributed by atoms with van der Waals surface area (Å²) >= 11 is 0. The Balaban J connectivity index is 1.98. The van der Waals surface area contributed by atoms with Crippen molar-refractivity contribution in [2.24, 2.45) is 0 Å². The van der Waals surface area contributed by atoms with Crippen LogP contribution in [-0.4, -0.2) is 36.0 Å². The Morgan fingerprint density at radius 3 is 2.42 bits per heavy atom. The molecule has 2 fully saturated rings. The highest BCUT2D eigenvalue weighted by Crippen LogP contribution is 2.39. The molecule has 0 radical (unpaired) electrons. The molecule has 0 aromatic heterocycles. The molecule has 104 valence electrons. The van der Waals surface area contributed by atoms with Gasteiger partial charge < -0.3 is 5.11 Å². The number of aliphatic hydroxyl groups is 1. The van der Waals surface area contributed by atoms with Crippen LogP contribution < -0.4 is 0 Å². The Morgan fingerprint density at radius 2 is 1.84 bits per heavy atom. The van der Waals surface area contributed by atoms with E-state index in [1.807, 2.05) is 0 Å². The molecule has 2 saturated heterocycles. The highest BCUT2D eigenvalue weighted by atomic mass is 32.2. The van der Waals surface area contributed by atoms with Crippen molar-refractivity contribution in [3.8, 4) is 0 Å². The van der Waals surface area contributed by atoms with Crippen molar-refractivity contribution in [2.75, 3.05) is 0 Å². The topological polar surface area (TPSA) is 57.6 Å². The molecule has 1 N–H and O–H groups in total. The first-order valence-corrected chi connectivity index (χ1v) is 7.89. The summed E-state index contributed by atoms with van der Waals surface area (Å²) in [5.41, 5.74) is 0. The maximum absolute atomic E-state index is 13.2. The molecule has 4 nitrogen and oxygen atoms in total. The normalized spacial score (nSPS) is 31.6. The number of hydrogen-bond acceptors (Lipinski definition) is 3. The summed E-state index contributed by atoms with van der Waals surface area (Å²) < 4.78 is 39.9. The molecule has 3 rings (SSSR count). The van der Waals surface area contributed by atoms with Crippen LogP contribution in [-0.2, 0) is 10.0 Å². The Morgan fingerprint density at radius 1 is 1.21 bits per heavy atom. The van der Waals surface area contributed by atoms with E-state index >= 15 is 0 Å². The maximum atomic E-state index is 13.2. The third-order valence-corrected chi connectivity index (χ3v) is 6.01. The molecule has 2 unspecified atom stereocenters. The van der Waals surface area contributed by atoms with Gasteiger partial charge in [0.2, 0.25) is 10.0 Å². The lowest BCUT2D eigenvalue weighted by Gasteiger charge is -2.36. The van der Waals surface area contributed by atoms with Crippen LogP contribution in [0.5, 0.6) is 0 Å². The fourth-order valence-electron chi connectivity index (χ4n) is 3.25. The van der Waals surface area contributed by atoms with E-state index in [4.69, 9.17) is 0 Å². The van der Waals surface area contributed by atoms with E-state index in [0.29, 0.717) is 12.8 Å². The number of rotatable bonds is 2. The summed E-state index contributed by atoms with van der Waals surface area (Å²) in [5, 5.41) is 9.71. The minimum absolute atomic E-state index is 0.000731. The van der Waals surface area contributed by atoms with Gasteiger partial charge in [-0.3, -0.25) is 0 Å². The van der Waals surface area contributed by atoms with Crippen LogP contribution in [0.3, 0.4) is 0 Å². The minimum atomic E-state index is -3.66.